The fourth-order valence-corrected chi connectivity index (χ4v) is 3.93. The molecule has 0 saturated carbocycles. The number of aromatic amines is 1. The minimum atomic E-state index is 0.0949. The van der Waals surface area contributed by atoms with Crippen LogP contribution in [0.5, 0.6) is 0 Å². The lowest BCUT2D eigenvalue weighted by molar-refractivity contribution is 0.0702. The Labute approximate surface area is 132 Å². The number of fused-ring (bicyclic) bond motifs is 1. The molecular weight excluding hydrogens is 294 g/mol. The fraction of sp³-hybridized carbons (Fsp3) is 0.294. The maximum absolute atomic E-state index is 12.8. The van der Waals surface area contributed by atoms with Crippen LogP contribution >= 0.6 is 11.3 Å². The van der Waals surface area contributed by atoms with Gasteiger partial charge < -0.3 is 9.88 Å². The van der Waals surface area contributed by atoms with Crippen LogP contribution in [0.2, 0.25) is 0 Å². The van der Waals surface area contributed by atoms with Crippen molar-refractivity contribution in [2.45, 2.75) is 18.8 Å². The van der Waals surface area contributed by atoms with E-state index in [9.17, 15) is 4.79 Å². The lowest BCUT2D eigenvalue weighted by Gasteiger charge is -2.31. The van der Waals surface area contributed by atoms with Crippen molar-refractivity contribution < 1.29 is 4.79 Å². The molecule has 0 spiro atoms. The number of amides is 1. The maximum atomic E-state index is 12.8. The zero-order valence-corrected chi connectivity index (χ0v) is 13.0. The highest BCUT2D eigenvalue weighted by atomic mass is 32.1. The Hall–Kier alpha value is -2.14. The largest absolute Gasteiger partial charge is 0.351 e. The molecule has 1 aliphatic rings. The summed E-state index contributed by atoms with van der Waals surface area (Å²) in [5.41, 5.74) is 1.69. The first kappa shape index (κ1) is 13.5. The molecule has 0 unspecified atom stereocenters. The maximum Gasteiger partial charge on any atom is 0.270 e. The van der Waals surface area contributed by atoms with E-state index in [0.29, 0.717) is 11.6 Å². The third-order valence-corrected chi connectivity index (χ3v) is 5.21. The van der Waals surface area contributed by atoms with E-state index in [0.717, 1.165) is 41.8 Å². The van der Waals surface area contributed by atoms with Gasteiger partial charge in [0.15, 0.2) is 0 Å². The molecule has 1 N–H and O–H groups in total. The van der Waals surface area contributed by atoms with Crippen molar-refractivity contribution in [3.8, 4) is 0 Å². The van der Waals surface area contributed by atoms with Gasteiger partial charge in [-0.15, -0.1) is 11.3 Å². The van der Waals surface area contributed by atoms with Crippen LogP contribution in [0.1, 0.15) is 34.3 Å². The van der Waals surface area contributed by atoms with E-state index in [1.165, 1.54) is 0 Å². The molecule has 0 aliphatic carbocycles. The van der Waals surface area contributed by atoms with E-state index in [2.05, 4.69) is 9.97 Å². The number of carbonyl (C=O) groups excluding carboxylic acids is 1. The monoisotopic (exact) mass is 311 g/mol. The third-order valence-electron chi connectivity index (χ3n) is 4.27. The minimum Gasteiger partial charge on any atom is -0.351 e. The van der Waals surface area contributed by atoms with Crippen LogP contribution in [-0.2, 0) is 0 Å². The predicted molar refractivity (Wildman–Crippen MR) is 88.3 cm³/mol. The number of nitrogens with one attached hydrogen (secondary N) is 1. The van der Waals surface area contributed by atoms with E-state index < -0.39 is 0 Å². The minimum absolute atomic E-state index is 0.0949. The highest BCUT2D eigenvalue weighted by molar-refractivity contribution is 7.09. The van der Waals surface area contributed by atoms with Crippen molar-refractivity contribution in [1.29, 1.82) is 0 Å². The number of aromatic nitrogens is 2. The van der Waals surface area contributed by atoms with Gasteiger partial charge >= 0.3 is 0 Å². The standard InChI is InChI=1S/C17H17N3OS/c21-17(15-10-12-4-1-2-6-14(12)19-15)20-8-3-5-13(11-20)16-18-7-9-22-16/h1-2,4,6-7,9-10,13,19H,3,5,8,11H2/t13-/m1/s1. The van der Waals surface area contributed by atoms with Gasteiger partial charge in [-0.1, -0.05) is 18.2 Å². The fourth-order valence-electron chi connectivity index (χ4n) is 3.16. The van der Waals surface area contributed by atoms with E-state index in [1.807, 2.05) is 46.8 Å². The number of likely N-dealkylation sites (tertiary alicyclic amines) is 1. The van der Waals surface area contributed by atoms with Gasteiger partial charge in [0.2, 0.25) is 0 Å². The van der Waals surface area contributed by atoms with Crippen LogP contribution in [0.3, 0.4) is 0 Å². The van der Waals surface area contributed by atoms with Crippen molar-refractivity contribution in [2.24, 2.45) is 0 Å². The van der Waals surface area contributed by atoms with Crippen LogP contribution in [0.4, 0.5) is 0 Å². The number of nitrogens with zero attached hydrogens (tertiary/aromatic N) is 2. The van der Waals surface area contributed by atoms with Crippen LogP contribution in [0.15, 0.2) is 41.9 Å². The highest BCUT2D eigenvalue weighted by Crippen LogP contribution is 2.29. The summed E-state index contributed by atoms with van der Waals surface area (Å²) in [5.74, 6) is 0.472. The van der Waals surface area contributed by atoms with Crippen molar-refractivity contribution in [3.05, 3.63) is 52.6 Å². The summed E-state index contributed by atoms with van der Waals surface area (Å²) in [4.78, 5) is 22.4. The van der Waals surface area contributed by atoms with E-state index in [4.69, 9.17) is 0 Å². The van der Waals surface area contributed by atoms with Crippen molar-refractivity contribution in [3.63, 3.8) is 0 Å². The Kier molecular flexibility index (Phi) is 3.42. The third kappa shape index (κ3) is 2.41. The molecule has 1 amide bonds. The Morgan fingerprint density at radius 3 is 3.09 bits per heavy atom. The van der Waals surface area contributed by atoms with E-state index >= 15 is 0 Å². The molecule has 1 aromatic carbocycles. The molecule has 1 aliphatic heterocycles. The number of thiazole rings is 1. The number of para-hydroxylation sites is 1. The van der Waals surface area contributed by atoms with Gasteiger partial charge in [0.05, 0.1) is 5.01 Å². The summed E-state index contributed by atoms with van der Waals surface area (Å²) in [6.07, 6.45) is 4.00. The molecule has 1 atom stereocenters. The first-order valence-corrected chi connectivity index (χ1v) is 8.45. The number of hydrogen-bond donors (Lipinski definition) is 1. The average Bonchev–Trinajstić information content (AvgIpc) is 3.23. The topological polar surface area (TPSA) is 49.0 Å². The van der Waals surface area contributed by atoms with Gasteiger partial charge in [-0.05, 0) is 25.0 Å². The smallest absolute Gasteiger partial charge is 0.270 e. The highest BCUT2D eigenvalue weighted by Gasteiger charge is 2.27. The molecule has 2 aromatic heterocycles. The van der Waals surface area contributed by atoms with Gasteiger partial charge in [-0.2, -0.15) is 0 Å². The van der Waals surface area contributed by atoms with Crippen LogP contribution in [0, 0.1) is 0 Å². The summed E-state index contributed by atoms with van der Waals surface area (Å²) in [5, 5.41) is 4.24. The van der Waals surface area contributed by atoms with Crippen LogP contribution in [0.25, 0.3) is 10.9 Å². The van der Waals surface area contributed by atoms with Gasteiger partial charge in [0.1, 0.15) is 5.69 Å². The second-order valence-electron chi connectivity index (χ2n) is 5.73. The number of carbonyl (C=O) groups is 1. The molecular formula is C17H17N3OS. The van der Waals surface area contributed by atoms with Gasteiger partial charge in [0.25, 0.3) is 5.91 Å². The van der Waals surface area contributed by atoms with Crippen LogP contribution < -0.4 is 0 Å². The Morgan fingerprint density at radius 1 is 1.36 bits per heavy atom. The molecule has 4 nitrogen and oxygen atoms in total. The molecule has 0 bridgehead atoms. The zero-order valence-electron chi connectivity index (χ0n) is 12.2. The quantitative estimate of drug-likeness (QED) is 0.785. The molecule has 4 rings (SSSR count). The van der Waals surface area contributed by atoms with E-state index in [1.54, 1.807) is 11.3 Å². The number of H-pyrrole nitrogens is 1. The van der Waals surface area contributed by atoms with Crippen molar-refractivity contribution >= 4 is 28.1 Å². The van der Waals surface area contributed by atoms with Gasteiger partial charge in [-0.25, -0.2) is 4.98 Å². The van der Waals surface area contributed by atoms with E-state index in [-0.39, 0.29) is 5.91 Å². The second kappa shape index (κ2) is 5.57. The molecule has 22 heavy (non-hydrogen) atoms. The molecule has 5 heteroatoms. The summed E-state index contributed by atoms with van der Waals surface area (Å²) in [7, 11) is 0. The Morgan fingerprint density at radius 2 is 2.27 bits per heavy atom. The lowest BCUT2D eigenvalue weighted by Crippen LogP contribution is -2.39. The summed E-state index contributed by atoms with van der Waals surface area (Å²) in [6, 6.07) is 9.94. The van der Waals surface area contributed by atoms with Gasteiger partial charge in [0, 0.05) is 41.5 Å². The predicted octanol–water partition coefficient (Wildman–Crippen LogP) is 3.64. The summed E-state index contributed by atoms with van der Waals surface area (Å²) < 4.78 is 0. The molecule has 1 saturated heterocycles. The lowest BCUT2D eigenvalue weighted by atomic mass is 9.98. The summed E-state index contributed by atoms with van der Waals surface area (Å²) in [6.45, 7) is 1.60. The van der Waals surface area contributed by atoms with Crippen molar-refractivity contribution in [2.75, 3.05) is 13.1 Å². The first-order chi connectivity index (χ1) is 10.8. The molecule has 3 heterocycles. The number of piperidine rings is 1. The Balaban J connectivity index is 1.56. The molecule has 1 fully saturated rings. The number of benzene rings is 1. The summed E-state index contributed by atoms with van der Waals surface area (Å²) >= 11 is 1.69. The molecule has 3 aromatic rings. The zero-order chi connectivity index (χ0) is 14.9. The normalized spacial score (nSPS) is 18.7. The molecule has 0 radical (unpaired) electrons. The SMILES string of the molecule is O=C(c1cc2ccccc2[nH]1)N1CCC[C@@H](c2nccs2)C1. The average molecular weight is 311 g/mol. The van der Waals surface area contributed by atoms with Crippen LogP contribution in [-0.4, -0.2) is 33.9 Å². The number of rotatable bonds is 2. The molecule has 112 valence electrons. The van der Waals surface area contributed by atoms with Crippen molar-refractivity contribution in [1.82, 2.24) is 14.9 Å². The second-order valence-corrected chi connectivity index (χ2v) is 6.66. The first-order valence-electron chi connectivity index (χ1n) is 7.58. The Bertz CT molecular complexity index is 760. The number of hydrogen-bond acceptors (Lipinski definition) is 3. The van der Waals surface area contributed by atoms with Gasteiger partial charge in [-0.3, -0.25) is 4.79 Å².